The number of hydrogen-bond donors (Lipinski definition) is 2. The Labute approximate surface area is 125 Å². The molecule has 20 heavy (non-hydrogen) atoms. The van der Waals surface area contributed by atoms with Crippen molar-refractivity contribution in [1.82, 2.24) is 15.5 Å². The van der Waals surface area contributed by atoms with Gasteiger partial charge < -0.3 is 15.5 Å². The van der Waals surface area contributed by atoms with E-state index in [1.807, 2.05) is 19.2 Å². The lowest BCUT2D eigenvalue weighted by Crippen LogP contribution is -2.50. The molecule has 0 atom stereocenters. The molecular formula is C14H20ClN3O2. The fraction of sp³-hybridized carbons (Fsp3) is 0.429. The molecule has 0 radical (unpaired) electrons. The van der Waals surface area contributed by atoms with Gasteiger partial charge in [-0.1, -0.05) is 12.1 Å². The number of amides is 2. The zero-order valence-corrected chi connectivity index (χ0v) is 12.5. The Hall–Kier alpha value is -1.59. The molecule has 0 aromatic heterocycles. The van der Waals surface area contributed by atoms with Crippen molar-refractivity contribution >= 4 is 24.2 Å². The van der Waals surface area contributed by atoms with Gasteiger partial charge in [-0.2, -0.15) is 0 Å². The van der Waals surface area contributed by atoms with Gasteiger partial charge in [-0.25, -0.2) is 0 Å². The summed E-state index contributed by atoms with van der Waals surface area (Å²) >= 11 is 0. The quantitative estimate of drug-likeness (QED) is 0.858. The van der Waals surface area contributed by atoms with E-state index in [1.165, 1.54) is 0 Å². The van der Waals surface area contributed by atoms with Crippen molar-refractivity contribution in [1.29, 1.82) is 0 Å². The summed E-state index contributed by atoms with van der Waals surface area (Å²) in [6.07, 6.45) is 0. The fourth-order valence-corrected chi connectivity index (χ4v) is 2.03. The summed E-state index contributed by atoms with van der Waals surface area (Å²) in [5.41, 5.74) is 1.65. The first-order valence-corrected chi connectivity index (χ1v) is 6.38. The summed E-state index contributed by atoms with van der Waals surface area (Å²) in [4.78, 5) is 25.1. The zero-order valence-electron chi connectivity index (χ0n) is 11.7. The predicted molar refractivity (Wildman–Crippen MR) is 79.9 cm³/mol. The van der Waals surface area contributed by atoms with Crippen molar-refractivity contribution in [2.45, 2.75) is 6.54 Å². The van der Waals surface area contributed by atoms with Crippen molar-refractivity contribution in [2.75, 3.05) is 27.2 Å². The molecule has 0 aliphatic carbocycles. The van der Waals surface area contributed by atoms with Crippen LogP contribution in [0.5, 0.6) is 0 Å². The summed E-state index contributed by atoms with van der Waals surface area (Å²) in [5.74, 6) is 0.195. The summed E-state index contributed by atoms with van der Waals surface area (Å²) in [6, 6.07) is 7.32. The lowest BCUT2D eigenvalue weighted by atomic mass is 10.0. The molecule has 2 N–H and O–H groups in total. The molecule has 1 heterocycles. The van der Waals surface area contributed by atoms with Gasteiger partial charge in [0.2, 0.25) is 5.91 Å². The average Bonchev–Trinajstić information content (AvgIpc) is 2.36. The maximum Gasteiger partial charge on any atom is 0.251 e. The molecule has 0 unspecified atom stereocenters. The third-order valence-corrected chi connectivity index (χ3v) is 3.37. The Morgan fingerprint density at radius 1 is 1.30 bits per heavy atom. The second-order valence-corrected chi connectivity index (χ2v) is 4.83. The molecule has 6 heteroatoms. The van der Waals surface area contributed by atoms with E-state index >= 15 is 0 Å². The molecule has 5 nitrogen and oxygen atoms in total. The van der Waals surface area contributed by atoms with E-state index in [2.05, 4.69) is 10.6 Å². The molecule has 2 rings (SSSR count). The van der Waals surface area contributed by atoms with Gasteiger partial charge in [0.15, 0.2) is 0 Å². The third kappa shape index (κ3) is 3.71. The molecule has 110 valence electrons. The molecule has 1 saturated heterocycles. The molecule has 1 aliphatic heterocycles. The molecule has 1 aliphatic rings. The smallest absolute Gasteiger partial charge is 0.251 e. The van der Waals surface area contributed by atoms with Gasteiger partial charge in [-0.15, -0.1) is 12.4 Å². The Morgan fingerprint density at radius 2 is 1.90 bits per heavy atom. The summed E-state index contributed by atoms with van der Waals surface area (Å²) in [6.45, 7) is 2.13. The number of rotatable bonds is 4. The van der Waals surface area contributed by atoms with Crippen LogP contribution in [0.2, 0.25) is 0 Å². The Morgan fingerprint density at radius 3 is 2.35 bits per heavy atom. The van der Waals surface area contributed by atoms with Crippen LogP contribution in [-0.2, 0) is 11.3 Å². The maximum absolute atomic E-state index is 12.0. The number of nitrogens with one attached hydrogen (secondary N) is 2. The van der Waals surface area contributed by atoms with Crippen LogP contribution >= 0.6 is 12.4 Å². The Balaban J connectivity index is 0.00000200. The topological polar surface area (TPSA) is 61.4 Å². The average molecular weight is 298 g/mol. The van der Waals surface area contributed by atoms with Gasteiger partial charge >= 0.3 is 0 Å². The highest BCUT2D eigenvalue weighted by Crippen LogP contribution is 2.11. The number of carbonyl (C=O) groups excluding carboxylic acids is 2. The highest BCUT2D eigenvalue weighted by molar-refractivity contribution is 5.93. The second-order valence-electron chi connectivity index (χ2n) is 4.83. The fourth-order valence-electron chi connectivity index (χ4n) is 2.03. The van der Waals surface area contributed by atoms with Crippen molar-refractivity contribution < 1.29 is 9.59 Å². The summed E-state index contributed by atoms with van der Waals surface area (Å²) in [7, 11) is 3.42. The number of hydrogen-bond acceptors (Lipinski definition) is 3. The number of carbonyl (C=O) groups is 2. The highest BCUT2D eigenvalue weighted by Gasteiger charge is 2.27. The van der Waals surface area contributed by atoms with Crippen molar-refractivity contribution in [3.8, 4) is 0 Å². The SMILES string of the molecule is CNC(=O)c1ccc(CN(C)C(=O)C2CNC2)cc1.Cl. The maximum atomic E-state index is 12.0. The summed E-state index contributed by atoms with van der Waals surface area (Å²) < 4.78 is 0. The van der Waals surface area contributed by atoms with E-state index in [0.29, 0.717) is 12.1 Å². The minimum absolute atomic E-state index is 0. The molecule has 1 aromatic carbocycles. The van der Waals surface area contributed by atoms with Crippen molar-refractivity contribution in [3.63, 3.8) is 0 Å². The van der Waals surface area contributed by atoms with Gasteiger partial charge in [-0.05, 0) is 17.7 Å². The molecule has 0 bridgehead atoms. The first-order valence-electron chi connectivity index (χ1n) is 6.38. The number of halogens is 1. The lowest BCUT2D eigenvalue weighted by molar-refractivity contribution is -0.136. The van der Waals surface area contributed by atoms with E-state index in [9.17, 15) is 9.59 Å². The van der Waals surface area contributed by atoms with Crippen LogP contribution in [0.25, 0.3) is 0 Å². The van der Waals surface area contributed by atoms with Crippen LogP contribution in [0, 0.1) is 5.92 Å². The van der Waals surface area contributed by atoms with E-state index in [-0.39, 0.29) is 30.1 Å². The van der Waals surface area contributed by atoms with Crippen LogP contribution < -0.4 is 10.6 Å². The zero-order chi connectivity index (χ0) is 13.8. The molecule has 2 amide bonds. The van der Waals surface area contributed by atoms with Crippen LogP contribution in [0.15, 0.2) is 24.3 Å². The number of nitrogens with zero attached hydrogens (tertiary/aromatic N) is 1. The van der Waals surface area contributed by atoms with Gasteiger partial charge in [0.25, 0.3) is 5.91 Å². The second kappa shape index (κ2) is 7.26. The first-order chi connectivity index (χ1) is 9.11. The predicted octanol–water partition coefficient (Wildman–Crippen LogP) is 0.646. The normalized spacial score (nSPS) is 13.9. The van der Waals surface area contributed by atoms with E-state index in [4.69, 9.17) is 0 Å². The molecule has 1 aromatic rings. The van der Waals surface area contributed by atoms with Gasteiger partial charge in [0.1, 0.15) is 0 Å². The van der Waals surface area contributed by atoms with Gasteiger partial charge in [0.05, 0.1) is 5.92 Å². The van der Waals surface area contributed by atoms with Crippen LogP contribution in [0.4, 0.5) is 0 Å². The summed E-state index contributed by atoms with van der Waals surface area (Å²) in [5, 5.41) is 5.67. The van der Waals surface area contributed by atoms with Crippen LogP contribution in [0.3, 0.4) is 0 Å². The largest absolute Gasteiger partial charge is 0.355 e. The van der Waals surface area contributed by atoms with Crippen molar-refractivity contribution in [2.24, 2.45) is 5.92 Å². The minimum Gasteiger partial charge on any atom is -0.355 e. The molecule has 0 saturated carbocycles. The highest BCUT2D eigenvalue weighted by atomic mass is 35.5. The molecule has 1 fully saturated rings. The molecule has 0 spiro atoms. The van der Waals surface area contributed by atoms with Crippen LogP contribution in [0.1, 0.15) is 15.9 Å². The Bertz CT molecular complexity index is 472. The van der Waals surface area contributed by atoms with E-state index in [0.717, 1.165) is 18.7 Å². The third-order valence-electron chi connectivity index (χ3n) is 3.37. The monoisotopic (exact) mass is 297 g/mol. The van der Waals surface area contributed by atoms with Crippen LogP contribution in [-0.4, -0.2) is 43.9 Å². The lowest BCUT2D eigenvalue weighted by Gasteiger charge is -2.30. The Kier molecular flexibility index (Phi) is 5.98. The van der Waals surface area contributed by atoms with Gasteiger partial charge in [-0.3, -0.25) is 9.59 Å². The van der Waals surface area contributed by atoms with Gasteiger partial charge in [0, 0.05) is 39.3 Å². The molecular weight excluding hydrogens is 278 g/mol. The first kappa shape index (κ1) is 16.5. The van der Waals surface area contributed by atoms with E-state index in [1.54, 1.807) is 24.1 Å². The standard InChI is InChI=1S/C14H19N3O2.ClH/c1-15-13(18)11-5-3-10(4-6-11)9-17(2)14(19)12-7-16-8-12;/h3-6,12,16H,7-9H2,1-2H3,(H,15,18);1H. The van der Waals surface area contributed by atoms with E-state index < -0.39 is 0 Å². The number of benzene rings is 1. The van der Waals surface area contributed by atoms with Crippen molar-refractivity contribution in [3.05, 3.63) is 35.4 Å². The minimum atomic E-state index is -0.100.